The van der Waals surface area contributed by atoms with Crippen molar-refractivity contribution in [2.24, 2.45) is 11.7 Å². The molecule has 1 heterocycles. The molecular weight excluding hydrogens is 207 g/mol. The van der Waals surface area contributed by atoms with E-state index in [1.54, 1.807) is 0 Å². The van der Waals surface area contributed by atoms with Crippen LogP contribution in [0.1, 0.15) is 13.3 Å². The number of hydrogen-bond donors (Lipinski definition) is 1. The summed E-state index contributed by atoms with van der Waals surface area (Å²) in [5.74, 6) is 0.620. The highest BCUT2D eigenvalue weighted by atomic mass is 35.5. The molecule has 0 spiro atoms. The van der Waals surface area contributed by atoms with E-state index in [4.69, 9.17) is 28.9 Å². The topological polar surface area (TPSA) is 29.3 Å². The number of piperidine rings is 1. The molecule has 1 rings (SSSR count). The maximum Gasteiger partial charge on any atom is 0.0434 e. The predicted molar refractivity (Wildman–Crippen MR) is 58.0 cm³/mol. The first-order valence-corrected chi connectivity index (χ1v) is 5.37. The third kappa shape index (κ3) is 3.47. The maximum atomic E-state index is 5.95. The fraction of sp³-hybridized carbons (Fsp3) is 0.778. The normalized spacial score (nSPS) is 32.2. The molecule has 0 radical (unpaired) electrons. The summed E-state index contributed by atoms with van der Waals surface area (Å²) < 4.78 is 0. The van der Waals surface area contributed by atoms with Gasteiger partial charge in [-0.15, -0.1) is 0 Å². The molecule has 13 heavy (non-hydrogen) atoms. The fourth-order valence-corrected chi connectivity index (χ4v) is 1.80. The third-order valence-corrected chi connectivity index (χ3v) is 3.20. The molecule has 2 nitrogen and oxygen atoms in total. The van der Waals surface area contributed by atoms with Gasteiger partial charge >= 0.3 is 0 Å². The minimum absolute atomic E-state index is 0.272. The number of hydrogen-bond acceptors (Lipinski definition) is 2. The summed E-state index contributed by atoms with van der Waals surface area (Å²) in [6, 6.07) is 0.272. The molecule has 76 valence electrons. The molecule has 0 aromatic heterocycles. The standard InChI is InChI=1S/C9H16Cl2N2/c1-7-2-3-13(6-9(7)12)5-8(11)4-10/h4,7,9H,2-3,5-6,12H2,1H3. The summed E-state index contributed by atoms with van der Waals surface area (Å²) in [4.78, 5) is 2.24. The van der Waals surface area contributed by atoms with Gasteiger partial charge in [0.2, 0.25) is 0 Å². The molecule has 0 aliphatic carbocycles. The molecule has 1 fully saturated rings. The average molecular weight is 223 g/mol. The van der Waals surface area contributed by atoms with Crippen molar-refractivity contribution in [2.75, 3.05) is 19.6 Å². The Kier molecular flexibility index (Phi) is 4.53. The van der Waals surface area contributed by atoms with Gasteiger partial charge in [0.15, 0.2) is 0 Å². The van der Waals surface area contributed by atoms with E-state index in [1.807, 2.05) is 0 Å². The molecule has 0 amide bonds. The van der Waals surface area contributed by atoms with Crippen molar-refractivity contribution in [3.8, 4) is 0 Å². The molecule has 2 N–H and O–H groups in total. The van der Waals surface area contributed by atoms with Crippen molar-refractivity contribution >= 4 is 23.2 Å². The van der Waals surface area contributed by atoms with E-state index in [2.05, 4.69) is 11.8 Å². The molecule has 2 atom stereocenters. The lowest BCUT2D eigenvalue weighted by Gasteiger charge is -2.34. The Morgan fingerprint density at radius 3 is 2.92 bits per heavy atom. The first kappa shape index (κ1) is 11.3. The van der Waals surface area contributed by atoms with E-state index >= 15 is 0 Å². The summed E-state index contributed by atoms with van der Waals surface area (Å²) >= 11 is 11.3. The Labute approximate surface area is 89.7 Å². The van der Waals surface area contributed by atoms with Crippen molar-refractivity contribution in [1.82, 2.24) is 4.90 Å². The summed E-state index contributed by atoms with van der Waals surface area (Å²) in [5.41, 5.74) is 7.37. The zero-order valence-corrected chi connectivity index (χ0v) is 9.35. The lowest BCUT2D eigenvalue weighted by molar-refractivity contribution is 0.183. The van der Waals surface area contributed by atoms with Crippen molar-refractivity contribution in [3.05, 3.63) is 10.6 Å². The van der Waals surface area contributed by atoms with E-state index in [-0.39, 0.29) is 6.04 Å². The van der Waals surface area contributed by atoms with Crippen molar-refractivity contribution in [2.45, 2.75) is 19.4 Å². The number of nitrogens with two attached hydrogens (primary N) is 1. The zero-order valence-electron chi connectivity index (χ0n) is 7.84. The van der Waals surface area contributed by atoms with Gasteiger partial charge in [0.05, 0.1) is 0 Å². The Morgan fingerprint density at radius 1 is 1.69 bits per heavy atom. The van der Waals surface area contributed by atoms with E-state index in [0.717, 1.165) is 26.1 Å². The quantitative estimate of drug-likeness (QED) is 0.775. The Morgan fingerprint density at radius 2 is 2.38 bits per heavy atom. The number of halogens is 2. The van der Waals surface area contributed by atoms with Gasteiger partial charge in [-0.1, -0.05) is 30.1 Å². The first-order valence-electron chi connectivity index (χ1n) is 4.56. The van der Waals surface area contributed by atoms with E-state index in [0.29, 0.717) is 11.0 Å². The lowest BCUT2D eigenvalue weighted by Crippen LogP contribution is -2.47. The van der Waals surface area contributed by atoms with Crippen molar-refractivity contribution < 1.29 is 0 Å². The number of nitrogens with zero attached hydrogens (tertiary/aromatic N) is 1. The highest BCUT2D eigenvalue weighted by Crippen LogP contribution is 2.17. The van der Waals surface area contributed by atoms with Crippen LogP contribution in [0.25, 0.3) is 0 Å². The number of likely N-dealkylation sites (tertiary alicyclic amines) is 1. The highest BCUT2D eigenvalue weighted by Gasteiger charge is 2.22. The lowest BCUT2D eigenvalue weighted by atomic mass is 9.94. The maximum absolute atomic E-state index is 5.95. The van der Waals surface area contributed by atoms with E-state index in [1.165, 1.54) is 5.54 Å². The van der Waals surface area contributed by atoms with Crippen LogP contribution in [-0.2, 0) is 0 Å². The van der Waals surface area contributed by atoms with E-state index in [9.17, 15) is 0 Å². The second kappa shape index (κ2) is 5.20. The molecule has 1 saturated heterocycles. The molecule has 4 heteroatoms. The van der Waals surface area contributed by atoms with Gasteiger partial charge in [-0.3, -0.25) is 4.90 Å². The van der Waals surface area contributed by atoms with Crippen LogP contribution < -0.4 is 5.73 Å². The molecule has 2 unspecified atom stereocenters. The molecule has 1 aliphatic rings. The van der Waals surface area contributed by atoms with Crippen LogP contribution >= 0.6 is 23.2 Å². The molecular formula is C9H16Cl2N2. The van der Waals surface area contributed by atoms with Crippen LogP contribution in [0, 0.1) is 5.92 Å². The van der Waals surface area contributed by atoms with Crippen LogP contribution in [-0.4, -0.2) is 30.6 Å². The van der Waals surface area contributed by atoms with E-state index < -0.39 is 0 Å². The molecule has 0 bridgehead atoms. The first-order chi connectivity index (χ1) is 6.13. The highest BCUT2D eigenvalue weighted by molar-refractivity contribution is 6.36. The molecule has 1 aliphatic heterocycles. The third-order valence-electron chi connectivity index (χ3n) is 2.59. The van der Waals surface area contributed by atoms with Gasteiger partial charge in [-0.25, -0.2) is 0 Å². The van der Waals surface area contributed by atoms with Gasteiger partial charge in [-0.05, 0) is 18.9 Å². The Bertz CT molecular complexity index is 194. The Hall–Kier alpha value is 0.240. The van der Waals surface area contributed by atoms with Gasteiger partial charge in [0, 0.05) is 29.7 Å². The van der Waals surface area contributed by atoms with Gasteiger partial charge in [0.1, 0.15) is 0 Å². The van der Waals surface area contributed by atoms with Gasteiger partial charge < -0.3 is 5.73 Å². The molecule has 0 aromatic carbocycles. The summed E-state index contributed by atoms with van der Waals surface area (Å²) in [6.07, 6.45) is 1.15. The Balaban J connectivity index is 2.37. The summed E-state index contributed by atoms with van der Waals surface area (Å²) in [6.45, 7) is 4.91. The van der Waals surface area contributed by atoms with Crippen molar-refractivity contribution in [3.63, 3.8) is 0 Å². The van der Waals surface area contributed by atoms with Crippen LogP contribution in [0.2, 0.25) is 0 Å². The molecule has 0 aromatic rings. The largest absolute Gasteiger partial charge is 0.326 e. The van der Waals surface area contributed by atoms with Crippen LogP contribution in [0.5, 0.6) is 0 Å². The second-order valence-corrected chi connectivity index (χ2v) is 4.42. The summed E-state index contributed by atoms with van der Waals surface area (Å²) in [7, 11) is 0. The monoisotopic (exact) mass is 222 g/mol. The SMILES string of the molecule is CC1CCN(CC(Cl)=CCl)CC1N. The zero-order chi connectivity index (χ0) is 9.84. The minimum Gasteiger partial charge on any atom is -0.326 e. The minimum atomic E-state index is 0.272. The number of rotatable bonds is 2. The van der Waals surface area contributed by atoms with Crippen LogP contribution in [0.15, 0.2) is 10.6 Å². The van der Waals surface area contributed by atoms with Crippen LogP contribution in [0.4, 0.5) is 0 Å². The van der Waals surface area contributed by atoms with Crippen LogP contribution in [0.3, 0.4) is 0 Å². The van der Waals surface area contributed by atoms with Crippen molar-refractivity contribution in [1.29, 1.82) is 0 Å². The summed E-state index contributed by atoms with van der Waals surface area (Å²) in [5, 5.41) is 0.684. The van der Waals surface area contributed by atoms with Gasteiger partial charge in [0.25, 0.3) is 0 Å². The molecule has 0 saturated carbocycles. The predicted octanol–water partition coefficient (Wildman–Crippen LogP) is 1.97. The smallest absolute Gasteiger partial charge is 0.0434 e. The van der Waals surface area contributed by atoms with Gasteiger partial charge in [-0.2, -0.15) is 0 Å². The average Bonchev–Trinajstić information content (AvgIpc) is 2.11. The second-order valence-electron chi connectivity index (χ2n) is 3.72. The fourth-order valence-electron chi connectivity index (χ4n) is 1.56.